The largest absolute Gasteiger partial charge is 0.336 e. The molecule has 0 radical (unpaired) electrons. The molecule has 9 heteroatoms. The Bertz CT molecular complexity index is 782. The molecule has 2 aromatic heterocycles. The summed E-state index contributed by atoms with van der Waals surface area (Å²) in [6.07, 6.45) is 0. The maximum absolute atomic E-state index is 12.3. The highest BCUT2D eigenvalue weighted by atomic mass is 32.2. The minimum Gasteiger partial charge on any atom is -0.336 e. The van der Waals surface area contributed by atoms with E-state index in [0.717, 1.165) is 11.8 Å². The van der Waals surface area contributed by atoms with Gasteiger partial charge in [-0.15, -0.1) is 11.3 Å². The molecule has 0 aliphatic rings. The Balaban J connectivity index is 2.08. The van der Waals surface area contributed by atoms with Crippen molar-refractivity contribution in [2.24, 2.45) is 0 Å². The molecule has 0 fully saturated rings. The van der Waals surface area contributed by atoms with Gasteiger partial charge in [0, 0.05) is 12.6 Å². The fourth-order valence-corrected chi connectivity index (χ4v) is 3.55. The van der Waals surface area contributed by atoms with Gasteiger partial charge in [-0.1, -0.05) is 11.8 Å². The van der Waals surface area contributed by atoms with E-state index in [9.17, 15) is 14.4 Å². The van der Waals surface area contributed by atoms with Gasteiger partial charge in [0.2, 0.25) is 5.91 Å². The van der Waals surface area contributed by atoms with Crippen molar-refractivity contribution in [1.82, 2.24) is 20.2 Å². The van der Waals surface area contributed by atoms with Gasteiger partial charge in [0.05, 0.1) is 11.3 Å². The molecule has 0 unspecified atom stereocenters. The van der Waals surface area contributed by atoms with Crippen LogP contribution in [0.4, 0.5) is 4.79 Å². The van der Waals surface area contributed by atoms with Gasteiger partial charge in [0.25, 0.3) is 5.56 Å². The van der Waals surface area contributed by atoms with E-state index < -0.39 is 11.9 Å². The van der Waals surface area contributed by atoms with Crippen LogP contribution in [0.25, 0.3) is 10.2 Å². The smallest absolute Gasteiger partial charge is 0.321 e. The number of carbonyl (C=O) groups is 2. The van der Waals surface area contributed by atoms with Gasteiger partial charge in [0.1, 0.15) is 4.70 Å². The number of fused-ring (bicyclic) bond motifs is 1. The van der Waals surface area contributed by atoms with Crippen LogP contribution < -0.4 is 16.2 Å². The van der Waals surface area contributed by atoms with Crippen LogP contribution in [0.1, 0.15) is 20.8 Å². The summed E-state index contributed by atoms with van der Waals surface area (Å²) in [5.74, 6) is -0.427. The van der Waals surface area contributed by atoms with E-state index in [-0.39, 0.29) is 17.4 Å². The first-order valence-electron chi connectivity index (χ1n) is 7.13. The second-order valence-electron chi connectivity index (χ2n) is 5.04. The van der Waals surface area contributed by atoms with Gasteiger partial charge in [-0.25, -0.2) is 9.78 Å². The van der Waals surface area contributed by atoms with Crippen molar-refractivity contribution in [3.8, 4) is 0 Å². The molecule has 0 aromatic carbocycles. The lowest BCUT2D eigenvalue weighted by molar-refractivity contribution is -0.117. The second kappa shape index (κ2) is 7.60. The van der Waals surface area contributed by atoms with Gasteiger partial charge in [-0.2, -0.15) is 0 Å². The average molecular weight is 354 g/mol. The highest BCUT2D eigenvalue weighted by Gasteiger charge is 2.14. The van der Waals surface area contributed by atoms with Crippen LogP contribution in [0.3, 0.4) is 0 Å². The maximum Gasteiger partial charge on any atom is 0.321 e. The molecule has 2 rings (SSSR count). The van der Waals surface area contributed by atoms with Crippen molar-refractivity contribution in [2.45, 2.75) is 38.5 Å². The van der Waals surface area contributed by atoms with Crippen LogP contribution in [0.15, 0.2) is 21.4 Å². The third-order valence-electron chi connectivity index (χ3n) is 2.85. The Labute approximate surface area is 141 Å². The Kier molecular flexibility index (Phi) is 5.78. The highest BCUT2D eigenvalue weighted by Crippen LogP contribution is 2.20. The van der Waals surface area contributed by atoms with Crippen molar-refractivity contribution in [2.75, 3.05) is 5.75 Å². The Morgan fingerprint density at radius 2 is 2.17 bits per heavy atom. The molecule has 124 valence electrons. The topological polar surface area (TPSA) is 93.1 Å². The van der Waals surface area contributed by atoms with E-state index in [4.69, 9.17) is 0 Å². The van der Waals surface area contributed by atoms with E-state index in [2.05, 4.69) is 15.6 Å². The molecule has 0 spiro atoms. The fraction of sp³-hybridized carbons (Fsp3) is 0.429. The Morgan fingerprint density at radius 3 is 2.83 bits per heavy atom. The second-order valence-corrected chi connectivity index (χ2v) is 6.90. The number of thioether (sulfide) groups is 1. The van der Waals surface area contributed by atoms with Gasteiger partial charge < -0.3 is 5.32 Å². The molecule has 2 N–H and O–H groups in total. The zero-order valence-corrected chi connectivity index (χ0v) is 14.7. The van der Waals surface area contributed by atoms with Crippen LogP contribution in [0.5, 0.6) is 0 Å². The number of hydrogen-bond acceptors (Lipinski definition) is 6. The number of thiophene rings is 1. The standard InChI is InChI=1S/C14H18N4O3S2/c1-4-18-12(20)11-9(5-6-22-11)16-14(18)23-7-10(19)17-13(21)15-8(2)3/h5-6,8H,4,7H2,1-3H3,(H2,15,17,19,21). The number of imide groups is 1. The summed E-state index contributed by atoms with van der Waals surface area (Å²) in [5, 5.41) is 7.11. The molecule has 0 aliphatic heterocycles. The lowest BCUT2D eigenvalue weighted by Crippen LogP contribution is -2.43. The molecule has 2 aromatic rings. The molecule has 0 bridgehead atoms. The number of carbonyl (C=O) groups excluding carboxylic acids is 2. The minimum absolute atomic E-state index is 0.00754. The minimum atomic E-state index is -0.528. The highest BCUT2D eigenvalue weighted by molar-refractivity contribution is 7.99. The number of nitrogens with one attached hydrogen (secondary N) is 2. The SMILES string of the molecule is CCn1c(SCC(=O)NC(=O)NC(C)C)nc2ccsc2c1=O. The molecule has 7 nitrogen and oxygen atoms in total. The summed E-state index contributed by atoms with van der Waals surface area (Å²) in [7, 11) is 0. The van der Waals surface area contributed by atoms with Crippen LogP contribution in [-0.2, 0) is 11.3 Å². The van der Waals surface area contributed by atoms with E-state index >= 15 is 0 Å². The van der Waals surface area contributed by atoms with Crippen molar-refractivity contribution in [3.63, 3.8) is 0 Å². The zero-order valence-electron chi connectivity index (χ0n) is 13.1. The van der Waals surface area contributed by atoms with E-state index in [1.54, 1.807) is 19.9 Å². The van der Waals surface area contributed by atoms with Gasteiger partial charge >= 0.3 is 6.03 Å². The van der Waals surface area contributed by atoms with Crippen molar-refractivity contribution < 1.29 is 9.59 Å². The van der Waals surface area contributed by atoms with Crippen LogP contribution in [-0.4, -0.2) is 33.3 Å². The normalized spacial score (nSPS) is 11.0. The van der Waals surface area contributed by atoms with Crippen molar-refractivity contribution >= 4 is 45.3 Å². The van der Waals surface area contributed by atoms with Crippen LogP contribution >= 0.6 is 23.1 Å². The van der Waals surface area contributed by atoms with E-state index in [1.165, 1.54) is 15.9 Å². The molecule has 23 heavy (non-hydrogen) atoms. The van der Waals surface area contributed by atoms with Crippen LogP contribution in [0, 0.1) is 0 Å². The third kappa shape index (κ3) is 4.32. The molecular formula is C14H18N4O3S2. The molecule has 0 atom stereocenters. The van der Waals surface area contributed by atoms with Gasteiger partial charge in [-0.3, -0.25) is 19.5 Å². The number of urea groups is 1. The van der Waals surface area contributed by atoms with Crippen molar-refractivity contribution in [1.29, 1.82) is 0 Å². The number of aromatic nitrogens is 2. The Hall–Kier alpha value is -1.87. The summed E-state index contributed by atoms with van der Waals surface area (Å²) < 4.78 is 2.14. The molecule has 0 saturated carbocycles. The van der Waals surface area contributed by atoms with Gasteiger partial charge in [-0.05, 0) is 32.2 Å². The molecular weight excluding hydrogens is 336 g/mol. The fourth-order valence-electron chi connectivity index (χ4n) is 1.90. The van der Waals surface area contributed by atoms with E-state index in [1.807, 2.05) is 12.3 Å². The number of rotatable bonds is 5. The third-order valence-corrected chi connectivity index (χ3v) is 4.72. The molecule has 3 amide bonds. The van der Waals surface area contributed by atoms with Gasteiger partial charge in [0.15, 0.2) is 5.16 Å². The monoisotopic (exact) mass is 354 g/mol. The summed E-state index contributed by atoms with van der Waals surface area (Å²) in [5.41, 5.74) is 0.526. The number of nitrogens with zero attached hydrogens (tertiary/aromatic N) is 2. The molecule has 0 aliphatic carbocycles. The van der Waals surface area contributed by atoms with Crippen molar-refractivity contribution in [3.05, 3.63) is 21.8 Å². The molecule has 0 saturated heterocycles. The summed E-state index contributed by atoms with van der Waals surface area (Å²) >= 11 is 2.49. The lowest BCUT2D eigenvalue weighted by atomic mass is 10.4. The predicted molar refractivity (Wildman–Crippen MR) is 92.1 cm³/mol. The average Bonchev–Trinajstić information content (AvgIpc) is 2.92. The maximum atomic E-state index is 12.3. The molecule has 2 heterocycles. The summed E-state index contributed by atoms with van der Waals surface area (Å²) in [4.78, 5) is 40.0. The first-order valence-corrected chi connectivity index (χ1v) is 9.00. The predicted octanol–water partition coefficient (Wildman–Crippen LogP) is 1.80. The zero-order chi connectivity index (χ0) is 17.0. The van der Waals surface area contributed by atoms with E-state index in [0.29, 0.717) is 21.9 Å². The summed E-state index contributed by atoms with van der Waals surface area (Å²) in [6.45, 7) is 5.93. The number of amides is 3. The first-order chi connectivity index (χ1) is 10.9. The number of hydrogen-bond donors (Lipinski definition) is 2. The van der Waals surface area contributed by atoms with Crippen LogP contribution in [0.2, 0.25) is 0 Å². The Morgan fingerprint density at radius 1 is 1.43 bits per heavy atom. The lowest BCUT2D eigenvalue weighted by Gasteiger charge is -2.11. The first kappa shape index (κ1) is 17.5. The quantitative estimate of drug-likeness (QED) is 0.631. The summed E-state index contributed by atoms with van der Waals surface area (Å²) in [6, 6.07) is 1.20.